The largest absolute Gasteiger partial charge is 0.455 e. The average Bonchev–Trinajstić information content (AvgIpc) is 3.80. The second-order valence-corrected chi connectivity index (χ2v) is 13.4. The number of aromatic nitrogens is 1. The molecular formula is C44H25NOS. The SMILES string of the molecule is c1ccc2c(c1)oc1c2cc(-c2c3ccccc3c(-n3c4ccccc4c4ccccc43)c3ccccc23)c2sc3ccccc3c21. The second kappa shape index (κ2) is 9.32. The molecule has 8 aromatic carbocycles. The average molecular weight is 616 g/mol. The number of furan rings is 1. The molecule has 11 rings (SSSR count). The standard InChI is InChI=1S/C44H25NOS/c1-3-18-31-29(16-1)40(30-17-2-4-19-32(30)42(31)45-36-21-9-5-13-26(36)27-14-6-10-22-37(27)45)35-25-34-28-15-7-11-23-38(28)46-43(34)41-33-20-8-12-24-39(33)47-44(35)41/h1-25H. The van der Waals surface area contributed by atoms with Gasteiger partial charge in [0.1, 0.15) is 11.2 Å². The highest BCUT2D eigenvalue weighted by Gasteiger charge is 2.24. The monoisotopic (exact) mass is 615 g/mol. The summed E-state index contributed by atoms with van der Waals surface area (Å²) in [7, 11) is 0. The third kappa shape index (κ3) is 3.34. The van der Waals surface area contributed by atoms with Gasteiger partial charge in [-0.3, -0.25) is 0 Å². The Morgan fingerprint density at radius 3 is 1.62 bits per heavy atom. The van der Waals surface area contributed by atoms with E-state index in [0.29, 0.717) is 0 Å². The van der Waals surface area contributed by atoms with Gasteiger partial charge in [0.25, 0.3) is 0 Å². The summed E-state index contributed by atoms with van der Waals surface area (Å²) in [6.07, 6.45) is 0. The predicted molar refractivity (Wildman–Crippen MR) is 201 cm³/mol. The number of para-hydroxylation sites is 3. The maximum absolute atomic E-state index is 6.65. The zero-order chi connectivity index (χ0) is 30.6. The number of rotatable bonds is 2. The molecule has 0 saturated heterocycles. The van der Waals surface area contributed by atoms with Gasteiger partial charge in [-0.15, -0.1) is 11.3 Å². The first kappa shape index (κ1) is 25.3. The fourth-order valence-electron chi connectivity index (χ4n) is 8.05. The van der Waals surface area contributed by atoms with Gasteiger partial charge in [0.2, 0.25) is 0 Å². The van der Waals surface area contributed by atoms with E-state index in [-0.39, 0.29) is 0 Å². The van der Waals surface area contributed by atoms with Crippen LogP contribution in [0.3, 0.4) is 0 Å². The number of hydrogen-bond donors (Lipinski definition) is 0. The molecule has 0 aliphatic carbocycles. The Morgan fingerprint density at radius 2 is 0.957 bits per heavy atom. The van der Waals surface area contributed by atoms with E-state index in [0.717, 1.165) is 21.9 Å². The lowest BCUT2D eigenvalue weighted by molar-refractivity contribution is 0.673. The molecular weight excluding hydrogens is 591 g/mol. The van der Waals surface area contributed by atoms with Crippen molar-refractivity contribution in [3.05, 3.63) is 152 Å². The zero-order valence-electron chi connectivity index (χ0n) is 25.2. The van der Waals surface area contributed by atoms with E-state index in [4.69, 9.17) is 4.42 Å². The molecule has 0 spiro atoms. The third-order valence-corrected chi connectivity index (χ3v) is 11.2. The van der Waals surface area contributed by atoms with Gasteiger partial charge >= 0.3 is 0 Å². The van der Waals surface area contributed by atoms with Gasteiger partial charge in [0.15, 0.2) is 0 Å². The molecule has 0 unspecified atom stereocenters. The van der Waals surface area contributed by atoms with Crippen LogP contribution >= 0.6 is 11.3 Å². The van der Waals surface area contributed by atoms with Gasteiger partial charge < -0.3 is 8.98 Å². The normalized spacial score (nSPS) is 12.3. The summed E-state index contributed by atoms with van der Waals surface area (Å²) in [4.78, 5) is 0. The molecule has 47 heavy (non-hydrogen) atoms. The first-order valence-corrected chi connectivity index (χ1v) is 16.8. The van der Waals surface area contributed by atoms with Gasteiger partial charge in [-0.2, -0.15) is 0 Å². The second-order valence-electron chi connectivity index (χ2n) is 12.4. The summed E-state index contributed by atoms with van der Waals surface area (Å²) in [6.45, 7) is 0. The smallest absolute Gasteiger partial charge is 0.144 e. The Bertz CT molecular complexity index is 2970. The Balaban J connectivity index is 1.37. The lowest BCUT2D eigenvalue weighted by Gasteiger charge is -2.20. The van der Waals surface area contributed by atoms with Crippen molar-refractivity contribution in [2.24, 2.45) is 0 Å². The van der Waals surface area contributed by atoms with Crippen molar-refractivity contribution in [3.8, 4) is 16.8 Å². The molecule has 218 valence electrons. The van der Waals surface area contributed by atoms with Crippen molar-refractivity contribution in [2.75, 3.05) is 0 Å². The molecule has 0 atom stereocenters. The predicted octanol–water partition coefficient (Wildman–Crippen LogP) is 13.0. The highest BCUT2D eigenvalue weighted by molar-refractivity contribution is 7.26. The van der Waals surface area contributed by atoms with Crippen molar-refractivity contribution >= 4 is 96.8 Å². The van der Waals surface area contributed by atoms with Gasteiger partial charge in [-0.1, -0.05) is 121 Å². The van der Waals surface area contributed by atoms with Crippen molar-refractivity contribution in [1.82, 2.24) is 4.57 Å². The molecule has 0 radical (unpaired) electrons. The van der Waals surface area contributed by atoms with E-state index in [1.54, 1.807) is 0 Å². The molecule has 0 saturated carbocycles. The molecule has 3 heterocycles. The highest BCUT2D eigenvalue weighted by Crippen LogP contribution is 2.51. The Hall–Kier alpha value is -5.90. The third-order valence-electron chi connectivity index (χ3n) is 9.97. The number of hydrogen-bond acceptors (Lipinski definition) is 2. The van der Waals surface area contributed by atoms with Crippen molar-refractivity contribution in [2.45, 2.75) is 0 Å². The van der Waals surface area contributed by atoms with Crippen LogP contribution in [0.1, 0.15) is 0 Å². The zero-order valence-corrected chi connectivity index (χ0v) is 26.0. The van der Waals surface area contributed by atoms with Crippen LogP contribution < -0.4 is 0 Å². The van der Waals surface area contributed by atoms with E-state index >= 15 is 0 Å². The van der Waals surface area contributed by atoms with Crippen LogP contribution in [0.5, 0.6) is 0 Å². The molecule has 0 N–H and O–H groups in total. The minimum Gasteiger partial charge on any atom is -0.455 e. The quantitative estimate of drug-likeness (QED) is 0.177. The minimum atomic E-state index is 0.924. The summed E-state index contributed by atoms with van der Waals surface area (Å²) in [5.41, 5.74) is 8.07. The molecule has 0 amide bonds. The molecule has 0 aliphatic rings. The van der Waals surface area contributed by atoms with Gasteiger partial charge in [-0.05, 0) is 46.7 Å². The number of fused-ring (bicyclic) bond motifs is 12. The van der Waals surface area contributed by atoms with Crippen molar-refractivity contribution in [3.63, 3.8) is 0 Å². The first-order valence-electron chi connectivity index (χ1n) is 16.0. The summed E-state index contributed by atoms with van der Waals surface area (Å²) >= 11 is 1.87. The number of thiophene rings is 1. The van der Waals surface area contributed by atoms with Gasteiger partial charge in [0.05, 0.1) is 16.7 Å². The molecule has 0 aliphatic heterocycles. The van der Waals surface area contributed by atoms with Gasteiger partial charge in [-0.25, -0.2) is 0 Å². The Kier molecular flexibility index (Phi) is 5.02. The van der Waals surface area contributed by atoms with Crippen LogP contribution in [0.15, 0.2) is 156 Å². The van der Waals surface area contributed by atoms with E-state index in [9.17, 15) is 0 Å². The van der Waals surface area contributed by atoms with Crippen molar-refractivity contribution in [1.29, 1.82) is 0 Å². The molecule has 3 aromatic heterocycles. The molecule has 0 fully saturated rings. The fourth-order valence-corrected chi connectivity index (χ4v) is 9.27. The first-order chi connectivity index (χ1) is 23.3. The van der Waals surface area contributed by atoms with Crippen LogP contribution in [0.4, 0.5) is 0 Å². The highest BCUT2D eigenvalue weighted by atomic mass is 32.1. The van der Waals surface area contributed by atoms with E-state index in [1.165, 1.54) is 80.3 Å². The topological polar surface area (TPSA) is 18.1 Å². The summed E-state index contributed by atoms with van der Waals surface area (Å²) in [5.74, 6) is 0. The lowest BCUT2D eigenvalue weighted by Crippen LogP contribution is -1.99. The molecule has 0 bridgehead atoms. The Labute approximate surface area is 273 Å². The van der Waals surface area contributed by atoms with Crippen LogP contribution in [0.25, 0.3) is 102 Å². The molecule has 11 aromatic rings. The number of benzene rings is 8. The van der Waals surface area contributed by atoms with Crippen LogP contribution in [-0.4, -0.2) is 4.57 Å². The van der Waals surface area contributed by atoms with Crippen LogP contribution in [0.2, 0.25) is 0 Å². The fraction of sp³-hybridized carbons (Fsp3) is 0. The minimum absolute atomic E-state index is 0.924. The Morgan fingerprint density at radius 1 is 0.447 bits per heavy atom. The maximum atomic E-state index is 6.65. The van der Waals surface area contributed by atoms with E-state index in [2.05, 4.69) is 156 Å². The lowest BCUT2D eigenvalue weighted by atomic mass is 9.89. The van der Waals surface area contributed by atoms with E-state index < -0.39 is 0 Å². The molecule has 3 heteroatoms. The van der Waals surface area contributed by atoms with Gasteiger partial charge in [0, 0.05) is 58.1 Å². The van der Waals surface area contributed by atoms with Crippen LogP contribution in [0, 0.1) is 0 Å². The summed E-state index contributed by atoms with van der Waals surface area (Å²) < 4.78 is 11.7. The number of nitrogens with zero attached hydrogens (tertiary/aromatic N) is 1. The van der Waals surface area contributed by atoms with Crippen LogP contribution in [-0.2, 0) is 0 Å². The summed E-state index contributed by atoms with van der Waals surface area (Å²) in [6, 6.07) is 55.1. The maximum Gasteiger partial charge on any atom is 0.144 e. The van der Waals surface area contributed by atoms with E-state index in [1.807, 2.05) is 11.3 Å². The summed E-state index contributed by atoms with van der Waals surface area (Å²) in [5, 5.41) is 12.3. The van der Waals surface area contributed by atoms with Crippen molar-refractivity contribution < 1.29 is 4.42 Å². The molecule has 2 nitrogen and oxygen atoms in total.